The van der Waals surface area contributed by atoms with Crippen molar-refractivity contribution in [3.63, 3.8) is 0 Å². The topological polar surface area (TPSA) is 81.2 Å². The van der Waals surface area contributed by atoms with Crippen molar-refractivity contribution < 1.29 is 8.42 Å². The normalized spacial score (nSPS) is 13.3. The molecule has 1 heterocycles. The Kier molecular flexibility index (Phi) is 4.19. The summed E-state index contributed by atoms with van der Waals surface area (Å²) in [6.45, 7) is 8.24. The van der Waals surface area contributed by atoms with Crippen LogP contribution in [0.4, 0.5) is 0 Å². The number of hydrogen-bond acceptors (Lipinski definition) is 4. The number of nitrogens with two attached hydrogens (primary N) is 1. The molecule has 0 saturated heterocycles. The fraction of sp³-hybridized carbons (Fsp3) is 0.727. The first-order valence-corrected chi connectivity index (χ1v) is 7.33. The monoisotopic (exact) mass is 274 g/mol. The first-order valence-electron chi connectivity index (χ1n) is 5.89. The number of hydrogen-bond donors (Lipinski definition) is 1. The molecular formula is C11H22N4O2S. The minimum Gasteiger partial charge on any atom is -0.334 e. The third-order valence-electron chi connectivity index (χ3n) is 3.27. The van der Waals surface area contributed by atoms with Gasteiger partial charge in [-0.15, -0.1) is 0 Å². The lowest BCUT2D eigenvalue weighted by atomic mass is 10.1. The summed E-state index contributed by atoms with van der Waals surface area (Å²) in [7, 11) is -2.07. The van der Waals surface area contributed by atoms with Crippen molar-refractivity contribution in [3.8, 4) is 0 Å². The second kappa shape index (κ2) is 4.99. The van der Waals surface area contributed by atoms with E-state index < -0.39 is 15.6 Å². The van der Waals surface area contributed by atoms with Gasteiger partial charge in [-0.2, -0.15) is 4.31 Å². The maximum Gasteiger partial charge on any atom is 0.262 e. The highest BCUT2D eigenvalue weighted by Gasteiger charge is 2.34. The Balaban J connectivity index is 3.21. The fourth-order valence-electron chi connectivity index (χ4n) is 1.52. The van der Waals surface area contributed by atoms with Crippen LogP contribution in [-0.4, -0.2) is 41.4 Å². The third kappa shape index (κ3) is 2.57. The van der Waals surface area contributed by atoms with Crippen molar-refractivity contribution >= 4 is 10.0 Å². The third-order valence-corrected chi connectivity index (χ3v) is 5.21. The number of imidazole rings is 1. The molecule has 104 valence electrons. The predicted octanol–water partition coefficient (Wildman–Crippen LogP) is 0.569. The van der Waals surface area contributed by atoms with E-state index in [0.29, 0.717) is 12.4 Å². The lowest BCUT2D eigenvalue weighted by molar-refractivity contribution is 0.273. The average molecular weight is 274 g/mol. The van der Waals surface area contributed by atoms with E-state index in [1.54, 1.807) is 31.5 Å². The molecule has 0 aliphatic carbocycles. The zero-order valence-electron chi connectivity index (χ0n) is 11.6. The summed E-state index contributed by atoms with van der Waals surface area (Å²) in [5.41, 5.74) is 4.98. The minimum absolute atomic E-state index is 0.0749. The average Bonchev–Trinajstić information content (AvgIpc) is 2.70. The summed E-state index contributed by atoms with van der Waals surface area (Å²) in [6.07, 6.45) is 1.56. The summed E-state index contributed by atoms with van der Waals surface area (Å²) in [6, 6.07) is 0. The van der Waals surface area contributed by atoms with E-state index in [2.05, 4.69) is 4.98 Å². The van der Waals surface area contributed by atoms with Gasteiger partial charge < -0.3 is 10.3 Å². The SMILES string of the molecule is CCn1cc(S(=O)(=O)N(C)C(C)(C)CN)nc1C. The fourth-order valence-corrected chi connectivity index (χ4v) is 3.03. The van der Waals surface area contributed by atoms with Crippen molar-refractivity contribution in [2.45, 2.75) is 44.8 Å². The molecule has 0 saturated carbocycles. The van der Waals surface area contributed by atoms with Crippen molar-refractivity contribution in [1.82, 2.24) is 13.9 Å². The number of rotatable bonds is 5. The molecule has 2 N–H and O–H groups in total. The first-order chi connectivity index (χ1) is 8.16. The van der Waals surface area contributed by atoms with Crippen LogP contribution < -0.4 is 5.73 Å². The largest absolute Gasteiger partial charge is 0.334 e. The number of nitrogens with zero attached hydrogens (tertiary/aromatic N) is 3. The van der Waals surface area contributed by atoms with E-state index >= 15 is 0 Å². The van der Waals surface area contributed by atoms with Crippen molar-refractivity contribution in [2.75, 3.05) is 13.6 Å². The van der Waals surface area contributed by atoms with Gasteiger partial charge >= 0.3 is 0 Å². The van der Waals surface area contributed by atoms with Gasteiger partial charge in [0, 0.05) is 31.9 Å². The summed E-state index contributed by atoms with van der Waals surface area (Å²) in [5, 5.41) is 0.0749. The van der Waals surface area contributed by atoms with E-state index in [1.165, 1.54) is 11.4 Å². The van der Waals surface area contributed by atoms with Gasteiger partial charge in [-0.1, -0.05) is 0 Å². The summed E-state index contributed by atoms with van der Waals surface area (Å²) < 4.78 is 27.9. The molecule has 0 unspecified atom stereocenters. The molecule has 1 rings (SSSR count). The van der Waals surface area contributed by atoms with Gasteiger partial charge in [-0.25, -0.2) is 13.4 Å². The highest BCUT2D eigenvalue weighted by atomic mass is 32.2. The molecule has 18 heavy (non-hydrogen) atoms. The van der Waals surface area contributed by atoms with Gasteiger partial charge in [0.1, 0.15) is 5.82 Å². The van der Waals surface area contributed by atoms with Gasteiger partial charge in [0.25, 0.3) is 10.0 Å². The number of aromatic nitrogens is 2. The van der Waals surface area contributed by atoms with Gasteiger partial charge in [-0.3, -0.25) is 0 Å². The second-order valence-electron chi connectivity index (χ2n) is 4.90. The molecule has 0 atom stereocenters. The van der Waals surface area contributed by atoms with Crippen LogP contribution in [0.1, 0.15) is 26.6 Å². The standard InChI is InChI=1S/C11H22N4O2S/c1-6-15-7-10(13-9(15)2)18(16,17)14(5)11(3,4)8-12/h7H,6,8,12H2,1-5H3. The molecule has 6 nitrogen and oxygen atoms in total. The lowest BCUT2D eigenvalue weighted by Crippen LogP contribution is -2.49. The van der Waals surface area contributed by atoms with E-state index in [9.17, 15) is 8.42 Å². The van der Waals surface area contributed by atoms with E-state index in [4.69, 9.17) is 5.73 Å². The smallest absolute Gasteiger partial charge is 0.262 e. The Morgan fingerprint density at radius 2 is 2.06 bits per heavy atom. The van der Waals surface area contributed by atoms with Crippen molar-refractivity contribution in [1.29, 1.82) is 0 Å². The summed E-state index contributed by atoms with van der Waals surface area (Å²) in [5.74, 6) is 0.690. The molecule has 0 amide bonds. The highest BCUT2D eigenvalue weighted by Crippen LogP contribution is 2.21. The van der Waals surface area contributed by atoms with Crippen LogP contribution in [0.2, 0.25) is 0 Å². The number of likely N-dealkylation sites (N-methyl/N-ethyl adjacent to an activating group) is 1. The van der Waals surface area contributed by atoms with Gasteiger partial charge in [0.15, 0.2) is 5.03 Å². The first kappa shape index (κ1) is 15.1. The van der Waals surface area contributed by atoms with E-state index in [-0.39, 0.29) is 11.6 Å². The maximum absolute atomic E-state index is 12.4. The molecule has 0 radical (unpaired) electrons. The Morgan fingerprint density at radius 1 is 1.50 bits per heavy atom. The Bertz CT molecular complexity index is 519. The Hall–Kier alpha value is -0.920. The maximum atomic E-state index is 12.4. The van der Waals surface area contributed by atoms with Crippen LogP contribution in [-0.2, 0) is 16.6 Å². The zero-order valence-corrected chi connectivity index (χ0v) is 12.5. The van der Waals surface area contributed by atoms with Crippen LogP contribution in [0.15, 0.2) is 11.2 Å². The summed E-state index contributed by atoms with van der Waals surface area (Å²) in [4.78, 5) is 4.11. The minimum atomic E-state index is -3.60. The van der Waals surface area contributed by atoms with Gasteiger partial charge in [-0.05, 0) is 27.7 Å². The van der Waals surface area contributed by atoms with Crippen LogP contribution in [0, 0.1) is 6.92 Å². The van der Waals surface area contributed by atoms with Crippen LogP contribution in [0.5, 0.6) is 0 Å². The number of aryl methyl sites for hydroxylation is 2. The van der Waals surface area contributed by atoms with Crippen molar-refractivity contribution in [2.24, 2.45) is 5.73 Å². The molecule has 0 fully saturated rings. The van der Waals surface area contributed by atoms with Gasteiger partial charge in [0.2, 0.25) is 0 Å². The lowest BCUT2D eigenvalue weighted by Gasteiger charge is -2.32. The molecule has 1 aromatic rings. The molecular weight excluding hydrogens is 252 g/mol. The Morgan fingerprint density at radius 3 is 2.44 bits per heavy atom. The van der Waals surface area contributed by atoms with Gasteiger partial charge in [0.05, 0.1) is 0 Å². The van der Waals surface area contributed by atoms with Crippen LogP contribution in [0.25, 0.3) is 0 Å². The van der Waals surface area contributed by atoms with Crippen molar-refractivity contribution in [3.05, 3.63) is 12.0 Å². The quantitative estimate of drug-likeness (QED) is 0.851. The molecule has 0 spiro atoms. The molecule has 1 aromatic heterocycles. The molecule has 0 bridgehead atoms. The highest BCUT2D eigenvalue weighted by molar-refractivity contribution is 7.89. The molecule has 0 aliphatic heterocycles. The predicted molar refractivity (Wildman–Crippen MR) is 70.7 cm³/mol. The number of sulfonamides is 1. The molecule has 0 aromatic carbocycles. The zero-order chi connectivity index (χ0) is 14.1. The molecule has 0 aliphatic rings. The van der Waals surface area contributed by atoms with Crippen LogP contribution in [0.3, 0.4) is 0 Å². The van der Waals surface area contributed by atoms with Crippen LogP contribution >= 0.6 is 0 Å². The van der Waals surface area contributed by atoms with E-state index in [1.807, 2.05) is 6.92 Å². The Labute approximate surface area is 109 Å². The summed E-state index contributed by atoms with van der Waals surface area (Å²) >= 11 is 0. The van der Waals surface area contributed by atoms with E-state index in [0.717, 1.165) is 0 Å². The second-order valence-corrected chi connectivity index (χ2v) is 6.82. The molecule has 7 heteroatoms.